The van der Waals surface area contributed by atoms with Gasteiger partial charge in [0.2, 0.25) is 0 Å². The van der Waals surface area contributed by atoms with Crippen LogP contribution in [0.25, 0.3) is 0 Å². The predicted molar refractivity (Wildman–Crippen MR) is 104 cm³/mol. The molecule has 3 rings (SSSR count). The van der Waals surface area contributed by atoms with Crippen LogP contribution in [0.15, 0.2) is 54.6 Å². The van der Waals surface area contributed by atoms with Gasteiger partial charge in [0.05, 0.1) is 19.3 Å². The fourth-order valence-electron chi connectivity index (χ4n) is 2.07. The first-order valence-corrected chi connectivity index (χ1v) is 8.84. The van der Waals surface area contributed by atoms with Crippen molar-refractivity contribution in [2.24, 2.45) is 0 Å². The highest BCUT2D eigenvalue weighted by molar-refractivity contribution is 5.97. The van der Waals surface area contributed by atoms with E-state index < -0.39 is 17.9 Å². The molecule has 0 aliphatic carbocycles. The number of carbonyl (C=O) groups excluding carboxylic acids is 3. The van der Waals surface area contributed by atoms with Crippen molar-refractivity contribution in [3.8, 4) is 0 Å². The molecule has 1 aliphatic heterocycles. The summed E-state index contributed by atoms with van der Waals surface area (Å²) < 4.78 is 4.08. The van der Waals surface area contributed by atoms with Gasteiger partial charge in [0.25, 0.3) is 0 Å². The molecular formula is C22H24O6. The van der Waals surface area contributed by atoms with Crippen molar-refractivity contribution in [2.75, 3.05) is 0 Å². The maximum Gasteiger partial charge on any atom is 0.314 e. The molecule has 1 heterocycles. The molecule has 6 heteroatoms. The van der Waals surface area contributed by atoms with E-state index in [0.717, 1.165) is 5.56 Å². The molecule has 1 fully saturated rings. The molecule has 6 nitrogen and oxygen atoms in total. The second kappa shape index (κ2) is 12.2. The number of aryl methyl sites for hydroxylation is 2. The fourth-order valence-corrected chi connectivity index (χ4v) is 2.07. The van der Waals surface area contributed by atoms with Crippen molar-refractivity contribution >= 4 is 23.7 Å². The summed E-state index contributed by atoms with van der Waals surface area (Å²) in [6.07, 6.45) is 0.489. The van der Waals surface area contributed by atoms with Crippen LogP contribution in [-0.2, 0) is 19.1 Å². The zero-order chi connectivity index (χ0) is 20.9. The van der Waals surface area contributed by atoms with E-state index in [1.807, 2.05) is 37.3 Å². The van der Waals surface area contributed by atoms with E-state index in [1.54, 1.807) is 12.1 Å². The number of carboxylic acids is 1. The molecule has 148 valence electrons. The van der Waals surface area contributed by atoms with E-state index in [1.165, 1.54) is 5.56 Å². The van der Waals surface area contributed by atoms with Crippen LogP contribution in [0.3, 0.4) is 0 Å². The molecule has 0 aromatic heterocycles. The van der Waals surface area contributed by atoms with Crippen LogP contribution in [0.1, 0.15) is 47.2 Å². The van der Waals surface area contributed by atoms with Gasteiger partial charge in [-0.2, -0.15) is 0 Å². The number of esters is 2. The van der Waals surface area contributed by atoms with Gasteiger partial charge in [0, 0.05) is 12.0 Å². The lowest BCUT2D eigenvalue weighted by atomic mass is 10.1. The van der Waals surface area contributed by atoms with Crippen LogP contribution in [0, 0.1) is 13.8 Å². The summed E-state index contributed by atoms with van der Waals surface area (Å²) in [6, 6.07) is 17.4. The maximum absolute atomic E-state index is 11.4. The molecule has 2 aromatic rings. The number of ketones is 1. The van der Waals surface area contributed by atoms with Crippen LogP contribution in [-0.4, -0.2) is 28.8 Å². The van der Waals surface area contributed by atoms with Gasteiger partial charge in [-0.15, -0.1) is 0 Å². The second-order valence-corrected chi connectivity index (χ2v) is 6.18. The minimum atomic E-state index is -0.939. The molecule has 0 bridgehead atoms. The molecule has 1 N–H and O–H groups in total. The third-order valence-corrected chi connectivity index (χ3v) is 3.64. The van der Waals surface area contributed by atoms with Crippen LogP contribution >= 0.6 is 0 Å². The first-order valence-electron chi connectivity index (χ1n) is 8.84. The Morgan fingerprint density at radius 2 is 1.32 bits per heavy atom. The largest absolute Gasteiger partial charge is 0.481 e. The molecule has 0 spiro atoms. The molecule has 1 aliphatic rings. The Hall–Kier alpha value is -3.28. The molecule has 28 heavy (non-hydrogen) atoms. The van der Waals surface area contributed by atoms with Gasteiger partial charge in [0.15, 0.2) is 5.78 Å². The molecule has 1 saturated heterocycles. The Bertz CT molecular complexity index is 780. The maximum atomic E-state index is 11.4. The number of hydrogen-bond acceptors (Lipinski definition) is 5. The quantitative estimate of drug-likeness (QED) is 0.488. The van der Waals surface area contributed by atoms with Gasteiger partial charge in [-0.25, -0.2) is 0 Å². The lowest BCUT2D eigenvalue weighted by Gasteiger charge is -1.99. The number of aliphatic carboxylic acids is 1. The fraction of sp³-hybridized carbons (Fsp3) is 0.273. The van der Waals surface area contributed by atoms with E-state index >= 15 is 0 Å². The Morgan fingerprint density at radius 1 is 0.821 bits per heavy atom. The first kappa shape index (κ1) is 22.8. The Labute approximate surface area is 164 Å². The SMILES string of the molecule is Cc1ccc(C(=O)CCC(=O)O)cc1.Cc1ccccc1.O=C1CCC(=O)O1. The first-order chi connectivity index (χ1) is 13.3. The van der Waals surface area contributed by atoms with Gasteiger partial charge >= 0.3 is 17.9 Å². The molecule has 0 unspecified atom stereocenters. The smallest absolute Gasteiger partial charge is 0.314 e. The monoisotopic (exact) mass is 384 g/mol. The molecule has 0 radical (unpaired) electrons. The van der Waals surface area contributed by atoms with Crippen molar-refractivity contribution < 1.29 is 29.0 Å². The summed E-state index contributed by atoms with van der Waals surface area (Å²) in [5.41, 5.74) is 2.99. The number of cyclic esters (lactones) is 2. The zero-order valence-corrected chi connectivity index (χ0v) is 16.0. The Morgan fingerprint density at radius 3 is 1.68 bits per heavy atom. The number of benzene rings is 2. The van der Waals surface area contributed by atoms with Gasteiger partial charge in [0.1, 0.15) is 0 Å². The standard InChI is InChI=1S/C11H12O3.C7H8.C4H4O3/c1-8-2-4-9(5-3-8)10(12)6-7-11(13)14;1-7-5-3-2-4-6-7;5-3-1-2-4(6)7-3/h2-5H,6-7H2,1H3,(H,13,14);2-6H,1H3;1-2H2. The molecule has 0 atom stereocenters. The van der Waals surface area contributed by atoms with Crippen LogP contribution in [0.5, 0.6) is 0 Å². The van der Waals surface area contributed by atoms with Crippen molar-refractivity contribution in [3.63, 3.8) is 0 Å². The third-order valence-electron chi connectivity index (χ3n) is 3.64. The third kappa shape index (κ3) is 10.0. The summed E-state index contributed by atoms with van der Waals surface area (Å²) >= 11 is 0. The lowest BCUT2D eigenvalue weighted by Crippen LogP contribution is -2.03. The summed E-state index contributed by atoms with van der Waals surface area (Å²) in [6.45, 7) is 4.02. The van der Waals surface area contributed by atoms with E-state index in [2.05, 4.69) is 23.8 Å². The minimum Gasteiger partial charge on any atom is -0.481 e. The molecular weight excluding hydrogens is 360 g/mol. The number of hydrogen-bond donors (Lipinski definition) is 1. The van der Waals surface area contributed by atoms with Crippen LogP contribution < -0.4 is 0 Å². The molecule has 2 aromatic carbocycles. The van der Waals surface area contributed by atoms with Crippen molar-refractivity contribution in [2.45, 2.75) is 39.5 Å². The Balaban J connectivity index is 0.000000233. The lowest BCUT2D eigenvalue weighted by molar-refractivity contribution is -0.152. The van der Waals surface area contributed by atoms with E-state index in [-0.39, 0.29) is 31.5 Å². The van der Waals surface area contributed by atoms with Crippen molar-refractivity contribution in [1.29, 1.82) is 0 Å². The summed E-state index contributed by atoms with van der Waals surface area (Å²) in [5, 5.41) is 8.40. The number of Topliss-reactive ketones (excluding diaryl/α,β-unsaturated/α-hetero) is 1. The summed E-state index contributed by atoms with van der Waals surface area (Å²) in [7, 11) is 0. The number of carbonyl (C=O) groups is 4. The summed E-state index contributed by atoms with van der Waals surface area (Å²) in [4.78, 5) is 41.7. The average Bonchev–Trinajstić information content (AvgIpc) is 3.05. The van der Waals surface area contributed by atoms with E-state index in [4.69, 9.17) is 5.11 Å². The van der Waals surface area contributed by atoms with E-state index in [9.17, 15) is 19.2 Å². The average molecular weight is 384 g/mol. The number of rotatable bonds is 4. The van der Waals surface area contributed by atoms with Crippen molar-refractivity contribution in [3.05, 3.63) is 71.3 Å². The minimum absolute atomic E-state index is 0.0679. The normalized spacial score (nSPS) is 12.1. The highest BCUT2D eigenvalue weighted by atomic mass is 16.6. The second-order valence-electron chi connectivity index (χ2n) is 6.18. The Kier molecular flexibility index (Phi) is 9.89. The van der Waals surface area contributed by atoms with Gasteiger partial charge in [-0.1, -0.05) is 65.7 Å². The molecule has 0 amide bonds. The topological polar surface area (TPSA) is 97.7 Å². The van der Waals surface area contributed by atoms with Gasteiger partial charge < -0.3 is 9.84 Å². The molecule has 0 saturated carbocycles. The highest BCUT2D eigenvalue weighted by Gasteiger charge is 2.19. The van der Waals surface area contributed by atoms with E-state index in [0.29, 0.717) is 5.56 Å². The van der Waals surface area contributed by atoms with Crippen LogP contribution in [0.4, 0.5) is 0 Å². The summed E-state index contributed by atoms with van der Waals surface area (Å²) in [5.74, 6) is -1.85. The predicted octanol–water partition coefficient (Wildman–Crippen LogP) is 3.89. The van der Waals surface area contributed by atoms with Gasteiger partial charge in [-0.05, 0) is 13.8 Å². The zero-order valence-electron chi connectivity index (χ0n) is 16.0. The van der Waals surface area contributed by atoms with Crippen molar-refractivity contribution in [1.82, 2.24) is 0 Å². The highest BCUT2D eigenvalue weighted by Crippen LogP contribution is 2.07. The number of ether oxygens (including phenoxy) is 1. The van der Waals surface area contributed by atoms with Crippen LogP contribution in [0.2, 0.25) is 0 Å². The van der Waals surface area contributed by atoms with Gasteiger partial charge in [-0.3, -0.25) is 19.2 Å². The number of carboxylic acid groups (broad SMARTS) is 1.